The molecule has 2 rings (SSSR count). The summed E-state index contributed by atoms with van der Waals surface area (Å²) in [4.78, 5) is 12.2. The van der Waals surface area contributed by atoms with Crippen LogP contribution < -0.4 is 14.9 Å². The van der Waals surface area contributed by atoms with E-state index >= 15 is 0 Å². The zero-order valence-electron chi connectivity index (χ0n) is 12.5. The normalized spacial score (nSPS) is 10.6. The van der Waals surface area contributed by atoms with Gasteiger partial charge >= 0.3 is 0 Å². The Bertz CT molecular complexity index is 748. The van der Waals surface area contributed by atoms with Crippen LogP contribution >= 0.6 is 31.9 Å². The van der Waals surface area contributed by atoms with Gasteiger partial charge in [-0.05, 0) is 36.4 Å². The Balaban J connectivity index is 2.16. The van der Waals surface area contributed by atoms with E-state index in [4.69, 9.17) is 9.47 Å². The first-order valence-electron chi connectivity index (χ1n) is 6.55. The summed E-state index contributed by atoms with van der Waals surface area (Å²) in [7, 11) is 3.08. The maximum Gasteiger partial charge on any atom is 0.275 e. The largest absolute Gasteiger partial charge is 0.496 e. The number of amides is 1. The van der Waals surface area contributed by atoms with Crippen molar-refractivity contribution in [2.75, 3.05) is 14.2 Å². The lowest BCUT2D eigenvalue weighted by Gasteiger charge is -2.07. The summed E-state index contributed by atoms with van der Waals surface area (Å²) in [6.45, 7) is 0. The van der Waals surface area contributed by atoms with Crippen LogP contribution in [0.25, 0.3) is 0 Å². The maximum atomic E-state index is 12.2. The Morgan fingerprint density at radius 2 is 1.65 bits per heavy atom. The molecule has 2 aromatic rings. The van der Waals surface area contributed by atoms with Crippen molar-refractivity contribution in [3.8, 4) is 11.5 Å². The first-order chi connectivity index (χ1) is 11.0. The van der Waals surface area contributed by atoms with Crippen molar-refractivity contribution in [1.82, 2.24) is 5.43 Å². The van der Waals surface area contributed by atoms with E-state index < -0.39 is 0 Å². The van der Waals surface area contributed by atoms with Gasteiger partial charge in [0.15, 0.2) is 0 Å². The molecular weight excluding hydrogens is 428 g/mol. The Morgan fingerprint density at radius 3 is 2.30 bits per heavy atom. The van der Waals surface area contributed by atoms with E-state index in [0.717, 1.165) is 14.5 Å². The zero-order valence-corrected chi connectivity index (χ0v) is 15.6. The number of methoxy groups -OCH3 is 2. The second-order valence-corrected chi connectivity index (χ2v) is 6.26. The average Bonchev–Trinajstić information content (AvgIpc) is 2.55. The molecule has 0 aliphatic heterocycles. The lowest BCUT2D eigenvalue weighted by atomic mass is 10.2. The average molecular weight is 442 g/mol. The second kappa shape index (κ2) is 8.12. The predicted octanol–water partition coefficient (Wildman–Crippen LogP) is 3.99. The third-order valence-corrected chi connectivity index (χ3v) is 3.95. The molecule has 0 radical (unpaired) electrons. The monoisotopic (exact) mass is 440 g/mol. The van der Waals surface area contributed by atoms with Crippen molar-refractivity contribution < 1.29 is 14.3 Å². The highest BCUT2D eigenvalue weighted by atomic mass is 79.9. The number of halogens is 2. The van der Waals surface area contributed by atoms with Gasteiger partial charge in [-0.15, -0.1) is 0 Å². The molecule has 0 aliphatic rings. The quantitative estimate of drug-likeness (QED) is 0.563. The SMILES string of the molecule is COc1ccc(Br)cc1/C=N/NC(=O)c1cc(Br)ccc1OC. The first-order valence-corrected chi connectivity index (χ1v) is 8.14. The number of nitrogens with zero attached hydrogens (tertiary/aromatic N) is 1. The van der Waals surface area contributed by atoms with Gasteiger partial charge in [-0.25, -0.2) is 5.43 Å². The molecule has 0 bridgehead atoms. The molecule has 0 aliphatic carbocycles. The summed E-state index contributed by atoms with van der Waals surface area (Å²) in [5, 5.41) is 3.98. The molecule has 0 fully saturated rings. The summed E-state index contributed by atoms with van der Waals surface area (Å²) in [6.07, 6.45) is 1.52. The minimum atomic E-state index is -0.367. The molecular formula is C16H14Br2N2O3. The number of hydrogen-bond donors (Lipinski definition) is 1. The van der Waals surface area contributed by atoms with Crippen molar-refractivity contribution in [2.45, 2.75) is 0 Å². The molecule has 0 unspecified atom stereocenters. The third kappa shape index (κ3) is 4.56. The highest BCUT2D eigenvalue weighted by molar-refractivity contribution is 9.10. The van der Waals surface area contributed by atoms with Crippen molar-refractivity contribution >= 4 is 44.0 Å². The van der Waals surface area contributed by atoms with Crippen molar-refractivity contribution in [3.63, 3.8) is 0 Å². The molecule has 0 saturated carbocycles. The Hall–Kier alpha value is -1.86. The molecule has 0 heterocycles. The van der Waals surface area contributed by atoms with Gasteiger partial charge in [0.1, 0.15) is 11.5 Å². The van der Waals surface area contributed by atoms with Crippen LogP contribution in [0, 0.1) is 0 Å². The number of carbonyl (C=O) groups excluding carboxylic acids is 1. The lowest BCUT2D eigenvalue weighted by Crippen LogP contribution is -2.18. The number of benzene rings is 2. The lowest BCUT2D eigenvalue weighted by molar-refractivity contribution is 0.0952. The molecule has 0 aromatic heterocycles. The summed E-state index contributed by atoms with van der Waals surface area (Å²) in [5.41, 5.74) is 3.61. The van der Waals surface area contributed by atoms with E-state index in [1.54, 1.807) is 25.3 Å². The second-order valence-electron chi connectivity index (χ2n) is 4.43. The van der Waals surface area contributed by atoms with Crippen LogP contribution in [0.5, 0.6) is 11.5 Å². The highest BCUT2D eigenvalue weighted by Crippen LogP contribution is 2.23. The van der Waals surface area contributed by atoms with Gasteiger partial charge in [0.2, 0.25) is 0 Å². The van der Waals surface area contributed by atoms with Gasteiger partial charge in [0, 0.05) is 14.5 Å². The third-order valence-electron chi connectivity index (χ3n) is 2.97. The van der Waals surface area contributed by atoms with Crippen LogP contribution in [0.4, 0.5) is 0 Å². The molecule has 7 heteroatoms. The van der Waals surface area contributed by atoms with E-state index in [0.29, 0.717) is 17.1 Å². The molecule has 1 amide bonds. The topological polar surface area (TPSA) is 59.9 Å². The Morgan fingerprint density at radius 1 is 1.04 bits per heavy atom. The highest BCUT2D eigenvalue weighted by Gasteiger charge is 2.12. The molecule has 120 valence electrons. The van der Waals surface area contributed by atoms with E-state index in [-0.39, 0.29) is 5.91 Å². The van der Waals surface area contributed by atoms with E-state index in [1.807, 2.05) is 18.2 Å². The van der Waals surface area contributed by atoms with Gasteiger partial charge in [-0.2, -0.15) is 5.10 Å². The van der Waals surface area contributed by atoms with Crippen LogP contribution in [-0.2, 0) is 0 Å². The van der Waals surface area contributed by atoms with Gasteiger partial charge in [-0.3, -0.25) is 4.79 Å². The molecule has 1 N–H and O–H groups in total. The molecule has 23 heavy (non-hydrogen) atoms. The van der Waals surface area contributed by atoms with E-state index in [2.05, 4.69) is 42.4 Å². The van der Waals surface area contributed by atoms with E-state index in [9.17, 15) is 4.79 Å². The fourth-order valence-corrected chi connectivity index (χ4v) is 2.62. The summed E-state index contributed by atoms with van der Waals surface area (Å²) < 4.78 is 12.1. The van der Waals surface area contributed by atoms with Gasteiger partial charge in [-0.1, -0.05) is 31.9 Å². The van der Waals surface area contributed by atoms with Crippen LogP contribution in [0.3, 0.4) is 0 Å². The molecule has 2 aromatic carbocycles. The predicted molar refractivity (Wildman–Crippen MR) is 96.4 cm³/mol. The zero-order chi connectivity index (χ0) is 16.8. The smallest absolute Gasteiger partial charge is 0.275 e. The Kier molecular flexibility index (Phi) is 6.18. The fourth-order valence-electron chi connectivity index (χ4n) is 1.88. The maximum absolute atomic E-state index is 12.2. The molecule has 0 spiro atoms. The minimum Gasteiger partial charge on any atom is -0.496 e. The summed E-state index contributed by atoms with van der Waals surface area (Å²) in [6, 6.07) is 10.7. The van der Waals surface area contributed by atoms with Crippen LogP contribution in [0.15, 0.2) is 50.4 Å². The standard InChI is InChI=1S/C16H14Br2N2O3/c1-22-14-5-3-11(17)7-10(14)9-19-20-16(21)13-8-12(18)4-6-15(13)23-2/h3-9H,1-2H3,(H,20,21)/b19-9+. The number of rotatable bonds is 5. The van der Waals surface area contributed by atoms with Crippen LogP contribution in [-0.4, -0.2) is 26.3 Å². The summed E-state index contributed by atoms with van der Waals surface area (Å²) in [5.74, 6) is 0.764. The van der Waals surface area contributed by atoms with E-state index in [1.165, 1.54) is 13.3 Å². The van der Waals surface area contributed by atoms with Crippen LogP contribution in [0.1, 0.15) is 15.9 Å². The molecule has 0 atom stereocenters. The molecule has 5 nitrogen and oxygen atoms in total. The van der Waals surface area contributed by atoms with Crippen LogP contribution in [0.2, 0.25) is 0 Å². The summed E-state index contributed by atoms with van der Waals surface area (Å²) >= 11 is 6.71. The van der Waals surface area contributed by atoms with Crippen molar-refractivity contribution in [3.05, 3.63) is 56.5 Å². The number of nitrogens with one attached hydrogen (secondary N) is 1. The number of hydrogen-bond acceptors (Lipinski definition) is 4. The van der Waals surface area contributed by atoms with Gasteiger partial charge in [0.05, 0.1) is 26.0 Å². The number of hydrazone groups is 1. The Labute approximate surface area is 150 Å². The van der Waals surface area contributed by atoms with Gasteiger partial charge < -0.3 is 9.47 Å². The number of carbonyl (C=O) groups is 1. The fraction of sp³-hybridized carbons (Fsp3) is 0.125. The first kappa shape index (κ1) is 17.5. The van der Waals surface area contributed by atoms with Gasteiger partial charge in [0.25, 0.3) is 5.91 Å². The van der Waals surface area contributed by atoms with Crippen molar-refractivity contribution in [1.29, 1.82) is 0 Å². The minimum absolute atomic E-state index is 0.367. The molecule has 0 saturated heterocycles. The van der Waals surface area contributed by atoms with Crippen molar-refractivity contribution in [2.24, 2.45) is 5.10 Å². The number of ether oxygens (including phenoxy) is 2.